The first-order chi connectivity index (χ1) is 9.08. The van der Waals surface area contributed by atoms with Crippen molar-refractivity contribution in [2.75, 3.05) is 26.7 Å². The summed E-state index contributed by atoms with van der Waals surface area (Å²) in [5.41, 5.74) is 0. The number of aliphatic carboxylic acids is 1. The lowest BCUT2D eigenvalue weighted by atomic mass is 9.94. The van der Waals surface area contributed by atoms with Gasteiger partial charge in [0.2, 0.25) is 5.91 Å². The van der Waals surface area contributed by atoms with E-state index in [2.05, 4.69) is 17.3 Å². The van der Waals surface area contributed by atoms with Gasteiger partial charge in [0.25, 0.3) is 0 Å². The lowest BCUT2D eigenvalue weighted by Gasteiger charge is -2.28. The molecule has 110 valence electrons. The zero-order chi connectivity index (χ0) is 14.1. The van der Waals surface area contributed by atoms with E-state index >= 15 is 0 Å². The Bertz CT molecular complexity index is 286. The van der Waals surface area contributed by atoms with Crippen molar-refractivity contribution in [1.29, 1.82) is 0 Å². The molecule has 1 heterocycles. The minimum absolute atomic E-state index is 0.0540. The summed E-state index contributed by atoms with van der Waals surface area (Å²) >= 11 is 0. The average molecular weight is 270 g/mol. The fourth-order valence-corrected chi connectivity index (χ4v) is 2.42. The topological polar surface area (TPSA) is 69.6 Å². The molecular weight excluding hydrogens is 244 g/mol. The second-order valence-corrected chi connectivity index (χ2v) is 5.49. The van der Waals surface area contributed by atoms with Gasteiger partial charge in [-0.1, -0.05) is 0 Å². The first-order valence-electron chi connectivity index (χ1n) is 7.25. The molecule has 1 fully saturated rings. The molecule has 0 radical (unpaired) electrons. The maximum absolute atomic E-state index is 11.5. The Morgan fingerprint density at radius 3 is 2.47 bits per heavy atom. The number of carbonyl (C=O) groups is 2. The molecular formula is C14H26N2O3. The van der Waals surface area contributed by atoms with Crippen LogP contribution in [0.5, 0.6) is 0 Å². The maximum atomic E-state index is 11.5. The number of unbranched alkanes of at least 4 members (excludes halogenated alkanes) is 1. The molecule has 0 aliphatic carbocycles. The van der Waals surface area contributed by atoms with Crippen LogP contribution in [0.15, 0.2) is 0 Å². The van der Waals surface area contributed by atoms with Crippen molar-refractivity contribution < 1.29 is 14.7 Å². The molecule has 0 aromatic carbocycles. The molecule has 0 aromatic rings. The third-order valence-electron chi connectivity index (χ3n) is 3.76. The zero-order valence-corrected chi connectivity index (χ0v) is 11.9. The number of nitrogens with one attached hydrogen (secondary N) is 1. The smallest absolute Gasteiger partial charge is 0.303 e. The molecule has 19 heavy (non-hydrogen) atoms. The number of rotatable bonds is 8. The van der Waals surface area contributed by atoms with Crippen LogP contribution in [0.2, 0.25) is 0 Å². The van der Waals surface area contributed by atoms with Gasteiger partial charge < -0.3 is 15.3 Å². The number of carboxylic acids is 1. The van der Waals surface area contributed by atoms with Crippen LogP contribution in [0.4, 0.5) is 0 Å². The number of amides is 1. The second kappa shape index (κ2) is 8.91. The summed E-state index contributed by atoms with van der Waals surface area (Å²) in [4.78, 5) is 24.2. The lowest BCUT2D eigenvalue weighted by molar-refractivity contribution is -0.137. The van der Waals surface area contributed by atoms with Gasteiger partial charge in [-0.25, -0.2) is 0 Å². The van der Waals surface area contributed by atoms with E-state index in [9.17, 15) is 9.59 Å². The van der Waals surface area contributed by atoms with Crippen molar-refractivity contribution in [2.45, 2.75) is 44.9 Å². The first-order valence-corrected chi connectivity index (χ1v) is 7.25. The number of carboxylic acid groups (broad SMARTS) is 1. The van der Waals surface area contributed by atoms with Crippen LogP contribution in [0.1, 0.15) is 44.9 Å². The minimum Gasteiger partial charge on any atom is -0.481 e. The summed E-state index contributed by atoms with van der Waals surface area (Å²) in [6, 6.07) is 0. The van der Waals surface area contributed by atoms with Gasteiger partial charge in [0.15, 0.2) is 0 Å². The van der Waals surface area contributed by atoms with Crippen LogP contribution in [0.3, 0.4) is 0 Å². The highest BCUT2D eigenvalue weighted by molar-refractivity contribution is 5.75. The van der Waals surface area contributed by atoms with Crippen molar-refractivity contribution in [3.05, 3.63) is 0 Å². The SMILES string of the molecule is CN1CCC(CCNC(=O)CCCCC(=O)O)CC1. The van der Waals surface area contributed by atoms with E-state index in [0.717, 1.165) is 32.0 Å². The van der Waals surface area contributed by atoms with Crippen molar-refractivity contribution in [2.24, 2.45) is 5.92 Å². The largest absolute Gasteiger partial charge is 0.481 e. The van der Waals surface area contributed by atoms with Gasteiger partial charge in [-0.2, -0.15) is 0 Å². The predicted molar refractivity (Wildman–Crippen MR) is 74.0 cm³/mol. The monoisotopic (exact) mass is 270 g/mol. The van der Waals surface area contributed by atoms with Crippen LogP contribution >= 0.6 is 0 Å². The van der Waals surface area contributed by atoms with Crippen LogP contribution < -0.4 is 5.32 Å². The number of likely N-dealkylation sites (tertiary alicyclic amines) is 1. The number of nitrogens with zero attached hydrogens (tertiary/aromatic N) is 1. The molecule has 0 atom stereocenters. The van der Waals surface area contributed by atoms with Gasteiger partial charge in [0.05, 0.1) is 0 Å². The van der Waals surface area contributed by atoms with Gasteiger partial charge in [0.1, 0.15) is 0 Å². The van der Waals surface area contributed by atoms with E-state index in [1.165, 1.54) is 12.8 Å². The summed E-state index contributed by atoms with van der Waals surface area (Å²) in [6.45, 7) is 3.08. The third kappa shape index (κ3) is 7.82. The average Bonchev–Trinajstić information content (AvgIpc) is 2.37. The van der Waals surface area contributed by atoms with Gasteiger partial charge in [-0.3, -0.25) is 9.59 Å². The molecule has 1 saturated heterocycles. The molecule has 0 saturated carbocycles. The van der Waals surface area contributed by atoms with Gasteiger partial charge in [-0.15, -0.1) is 0 Å². The highest BCUT2D eigenvalue weighted by Gasteiger charge is 2.16. The molecule has 0 bridgehead atoms. The van der Waals surface area contributed by atoms with Gasteiger partial charge in [-0.05, 0) is 58.2 Å². The van der Waals surface area contributed by atoms with Crippen LogP contribution in [0, 0.1) is 5.92 Å². The van der Waals surface area contributed by atoms with Crippen molar-refractivity contribution in [1.82, 2.24) is 10.2 Å². The summed E-state index contributed by atoms with van der Waals surface area (Å²) in [5, 5.41) is 11.4. The molecule has 1 aliphatic heterocycles. The Hall–Kier alpha value is -1.10. The number of hydrogen-bond donors (Lipinski definition) is 2. The van der Waals surface area contributed by atoms with Crippen molar-refractivity contribution in [3.63, 3.8) is 0 Å². The first kappa shape index (κ1) is 16.0. The van der Waals surface area contributed by atoms with Gasteiger partial charge >= 0.3 is 5.97 Å². The van der Waals surface area contributed by atoms with Crippen LogP contribution in [-0.2, 0) is 9.59 Å². The summed E-state index contributed by atoms with van der Waals surface area (Å²) in [5.74, 6) is 0.00417. The van der Waals surface area contributed by atoms with E-state index in [0.29, 0.717) is 19.3 Å². The summed E-state index contributed by atoms with van der Waals surface area (Å²) < 4.78 is 0. The molecule has 0 unspecified atom stereocenters. The van der Waals surface area contributed by atoms with Crippen molar-refractivity contribution in [3.8, 4) is 0 Å². The Labute approximate surface area is 115 Å². The fraction of sp³-hybridized carbons (Fsp3) is 0.857. The van der Waals surface area contributed by atoms with Gasteiger partial charge in [0, 0.05) is 19.4 Å². The fourth-order valence-electron chi connectivity index (χ4n) is 2.42. The number of piperidine rings is 1. The van der Waals surface area contributed by atoms with E-state index in [-0.39, 0.29) is 12.3 Å². The summed E-state index contributed by atoms with van der Waals surface area (Å²) in [7, 11) is 2.15. The molecule has 1 amide bonds. The standard InChI is InChI=1S/C14H26N2O3/c1-16-10-7-12(8-11-16)6-9-15-13(17)4-2-3-5-14(18)19/h12H,2-11H2,1H3,(H,15,17)(H,18,19). The second-order valence-electron chi connectivity index (χ2n) is 5.49. The van der Waals surface area contributed by atoms with Crippen molar-refractivity contribution >= 4 is 11.9 Å². The van der Waals surface area contributed by atoms with E-state index in [1.54, 1.807) is 0 Å². The molecule has 1 rings (SSSR count). The normalized spacial score (nSPS) is 17.3. The van der Waals surface area contributed by atoms with Crippen LogP contribution in [-0.4, -0.2) is 48.6 Å². The summed E-state index contributed by atoms with van der Waals surface area (Å²) in [6.07, 6.45) is 5.36. The van der Waals surface area contributed by atoms with Crippen LogP contribution in [0.25, 0.3) is 0 Å². The molecule has 5 nitrogen and oxygen atoms in total. The molecule has 0 aromatic heterocycles. The van der Waals surface area contributed by atoms with E-state index in [4.69, 9.17) is 5.11 Å². The maximum Gasteiger partial charge on any atom is 0.303 e. The highest BCUT2D eigenvalue weighted by atomic mass is 16.4. The lowest BCUT2D eigenvalue weighted by Crippen LogP contribution is -2.32. The Morgan fingerprint density at radius 1 is 1.21 bits per heavy atom. The predicted octanol–water partition coefficient (Wildman–Crippen LogP) is 1.48. The van der Waals surface area contributed by atoms with E-state index in [1.807, 2.05) is 0 Å². The number of hydrogen-bond acceptors (Lipinski definition) is 3. The minimum atomic E-state index is -0.789. The third-order valence-corrected chi connectivity index (χ3v) is 3.76. The molecule has 2 N–H and O–H groups in total. The Morgan fingerprint density at radius 2 is 1.84 bits per heavy atom. The Balaban J connectivity index is 1.96. The molecule has 1 aliphatic rings. The molecule has 5 heteroatoms. The number of carbonyl (C=O) groups excluding carboxylic acids is 1. The quantitative estimate of drug-likeness (QED) is 0.655. The Kier molecular flexibility index (Phi) is 7.48. The van der Waals surface area contributed by atoms with E-state index < -0.39 is 5.97 Å². The zero-order valence-electron chi connectivity index (χ0n) is 11.9. The molecule has 0 spiro atoms. The highest BCUT2D eigenvalue weighted by Crippen LogP contribution is 2.18.